The third-order valence-corrected chi connectivity index (χ3v) is 2.78. The van der Waals surface area contributed by atoms with Crippen LogP contribution in [0.25, 0.3) is 0 Å². The molecule has 1 heterocycles. The average molecular weight is 253 g/mol. The van der Waals surface area contributed by atoms with E-state index < -0.39 is 0 Å². The Morgan fingerprint density at radius 2 is 2.05 bits per heavy atom. The number of nitriles is 1. The van der Waals surface area contributed by atoms with Crippen molar-refractivity contribution >= 4 is 11.6 Å². The smallest absolute Gasteiger partial charge is 0.224 e. The first-order valence-corrected chi connectivity index (χ1v) is 5.97. The highest BCUT2D eigenvalue weighted by Gasteiger charge is 2.10. The van der Waals surface area contributed by atoms with Gasteiger partial charge in [0.15, 0.2) is 0 Å². The van der Waals surface area contributed by atoms with E-state index in [0.717, 1.165) is 16.9 Å². The summed E-state index contributed by atoms with van der Waals surface area (Å²) in [5.41, 5.74) is 8.73. The number of nitrogens with zero attached hydrogens (tertiary/aromatic N) is 3. The Bertz CT molecular complexity index is 630. The van der Waals surface area contributed by atoms with Crippen LogP contribution in [0.4, 0.5) is 11.6 Å². The average Bonchev–Trinajstić information content (AvgIpc) is 2.38. The summed E-state index contributed by atoms with van der Waals surface area (Å²) in [5.74, 6) is 0.437. The Labute approximate surface area is 112 Å². The van der Waals surface area contributed by atoms with Gasteiger partial charge in [-0.1, -0.05) is 18.2 Å². The highest BCUT2D eigenvalue weighted by molar-refractivity contribution is 5.50. The normalized spacial score (nSPS) is 11.6. The van der Waals surface area contributed by atoms with Crippen molar-refractivity contribution in [3.8, 4) is 6.07 Å². The second-order valence-corrected chi connectivity index (χ2v) is 4.32. The molecule has 0 fully saturated rings. The van der Waals surface area contributed by atoms with E-state index in [-0.39, 0.29) is 6.04 Å². The number of aromatic nitrogens is 2. The van der Waals surface area contributed by atoms with Gasteiger partial charge < -0.3 is 11.1 Å². The monoisotopic (exact) mass is 253 g/mol. The van der Waals surface area contributed by atoms with Gasteiger partial charge in [0.25, 0.3) is 0 Å². The summed E-state index contributed by atoms with van der Waals surface area (Å²) in [4.78, 5) is 8.39. The number of benzene rings is 1. The van der Waals surface area contributed by atoms with Gasteiger partial charge in [-0.05, 0) is 31.5 Å². The SMILES string of the molecule is Cc1cc(C#N)nc(NC(C)c2ccccc2N)n1. The van der Waals surface area contributed by atoms with E-state index in [9.17, 15) is 0 Å². The van der Waals surface area contributed by atoms with E-state index in [1.54, 1.807) is 6.07 Å². The summed E-state index contributed by atoms with van der Waals surface area (Å²) in [7, 11) is 0. The second kappa shape index (κ2) is 5.36. The van der Waals surface area contributed by atoms with E-state index in [4.69, 9.17) is 11.0 Å². The molecule has 3 N–H and O–H groups in total. The molecule has 0 aliphatic rings. The molecule has 2 aromatic rings. The van der Waals surface area contributed by atoms with Crippen LogP contribution in [-0.2, 0) is 0 Å². The van der Waals surface area contributed by atoms with Gasteiger partial charge in [-0.25, -0.2) is 9.97 Å². The molecule has 0 spiro atoms. The van der Waals surface area contributed by atoms with E-state index in [1.807, 2.05) is 44.2 Å². The maximum Gasteiger partial charge on any atom is 0.224 e. The Morgan fingerprint density at radius 1 is 1.32 bits per heavy atom. The van der Waals surface area contributed by atoms with Crippen molar-refractivity contribution in [3.05, 3.63) is 47.3 Å². The van der Waals surface area contributed by atoms with Crippen molar-refractivity contribution in [1.29, 1.82) is 5.26 Å². The molecule has 0 saturated heterocycles. The molecule has 96 valence electrons. The zero-order chi connectivity index (χ0) is 13.8. The molecule has 0 saturated carbocycles. The minimum Gasteiger partial charge on any atom is -0.398 e. The number of rotatable bonds is 3. The third kappa shape index (κ3) is 2.99. The lowest BCUT2D eigenvalue weighted by Gasteiger charge is -2.16. The number of para-hydroxylation sites is 1. The minimum atomic E-state index is -0.0328. The van der Waals surface area contributed by atoms with Crippen molar-refractivity contribution in [3.63, 3.8) is 0 Å². The lowest BCUT2D eigenvalue weighted by molar-refractivity contribution is 0.858. The van der Waals surface area contributed by atoms with Crippen molar-refractivity contribution < 1.29 is 0 Å². The van der Waals surface area contributed by atoms with Crippen molar-refractivity contribution in [2.75, 3.05) is 11.1 Å². The highest BCUT2D eigenvalue weighted by atomic mass is 15.1. The van der Waals surface area contributed by atoms with Crippen LogP contribution in [0.2, 0.25) is 0 Å². The van der Waals surface area contributed by atoms with Crippen LogP contribution < -0.4 is 11.1 Å². The summed E-state index contributed by atoms with van der Waals surface area (Å²) in [6.07, 6.45) is 0. The van der Waals surface area contributed by atoms with Crippen molar-refractivity contribution in [2.24, 2.45) is 0 Å². The zero-order valence-electron chi connectivity index (χ0n) is 10.9. The van der Waals surface area contributed by atoms with Crippen LogP contribution in [0.5, 0.6) is 0 Å². The van der Waals surface area contributed by atoms with E-state index in [2.05, 4.69) is 15.3 Å². The van der Waals surface area contributed by atoms with Crippen LogP contribution in [0.15, 0.2) is 30.3 Å². The molecule has 0 aliphatic carbocycles. The largest absolute Gasteiger partial charge is 0.398 e. The first kappa shape index (κ1) is 12.8. The summed E-state index contributed by atoms with van der Waals surface area (Å²) >= 11 is 0. The minimum absolute atomic E-state index is 0.0328. The summed E-state index contributed by atoms with van der Waals surface area (Å²) in [6.45, 7) is 3.80. The van der Waals surface area contributed by atoms with E-state index in [1.165, 1.54) is 0 Å². The maximum atomic E-state index is 8.89. The fraction of sp³-hybridized carbons (Fsp3) is 0.214. The molecule has 0 radical (unpaired) electrons. The molecule has 19 heavy (non-hydrogen) atoms. The molecule has 1 unspecified atom stereocenters. The van der Waals surface area contributed by atoms with Gasteiger partial charge in [-0.3, -0.25) is 0 Å². The predicted octanol–water partition coefficient (Wildman–Crippen LogP) is 2.41. The standard InChI is InChI=1S/C14H15N5/c1-9-7-11(8-15)19-14(17-9)18-10(2)12-5-3-4-6-13(12)16/h3-7,10H,16H2,1-2H3,(H,17,18,19). The molecule has 1 aromatic heterocycles. The number of anilines is 2. The van der Waals surface area contributed by atoms with Crippen LogP contribution in [-0.4, -0.2) is 9.97 Å². The summed E-state index contributed by atoms with van der Waals surface area (Å²) in [5, 5.41) is 12.1. The molecule has 0 bridgehead atoms. The summed E-state index contributed by atoms with van der Waals surface area (Å²) < 4.78 is 0. The zero-order valence-corrected chi connectivity index (χ0v) is 10.9. The number of nitrogens with two attached hydrogens (primary N) is 1. The number of hydrogen-bond acceptors (Lipinski definition) is 5. The predicted molar refractivity (Wildman–Crippen MR) is 74.4 cm³/mol. The van der Waals surface area contributed by atoms with Crippen molar-refractivity contribution in [1.82, 2.24) is 9.97 Å². The molecular weight excluding hydrogens is 238 g/mol. The molecular formula is C14H15N5. The fourth-order valence-electron chi connectivity index (χ4n) is 1.87. The van der Waals surface area contributed by atoms with Crippen LogP contribution in [0, 0.1) is 18.3 Å². The van der Waals surface area contributed by atoms with Gasteiger partial charge in [0.05, 0.1) is 6.04 Å². The van der Waals surface area contributed by atoms with E-state index in [0.29, 0.717) is 11.6 Å². The van der Waals surface area contributed by atoms with Gasteiger partial charge >= 0.3 is 0 Å². The second-order valence-electron chi connectivity index (χ2n) is 4.32. The van der Waals surface area contributed by atoms with Crippen LogP contribution in [0.3, 0.4) is 0 Å². The van der Waals surface area contributed by atoms with Gasteiger partial charge in [0.1, 0.15) is 11.8 Å². The van der Waals surface area contributed by atoms with Crippen molar-refractivity contribution in [2.45, 2.75) is 19.9 Å². The van der Waals surface area contributed by atoms with Crippen LogP contribution >= 0.6 is 0 Å². The molecule has 0 amide bonds. The Morgan fingerprint density at radius 3 is 2.74 bits per heavy atom. The molecule has 5 nitrogen and oxygen atoms in total. The molecule has 5 heteroatoms. The van der Waals surface area contributed by atoms with E-state index >= 15 is 0 Å². The van der Waals surface area contributed by atoms with Gasteiger partial charge in [0, 0.05) is 11.4 Å². The number of hydrogen-bond donors (Lipinski definition) is 2. The molecule has 1 atom stereocenters. The first-order chi connectivity index (χ1) is 9.10. The molecule has 0 aliphatic heterocycles. The quantitative estimate of drug-likeness (QED) is 0.820. The summed E-state index contributed by atoms with van der Waals surface area (Å²) in [6, 6.07) is 11.3. The van der Waals surface area contributed by atoms with Gasteiger partial charge in [-0.2, -0.15) is 5.26 Å². The number of nitrogens with one attached hydrogen (secondary N) is 1. The third-order valence-electron chi connectivity index (χ3n) is 2.78. The highest BCUT2D eigenvalue weighted by Crippen LogP contribution is 2.22. The lowest BCUT2D eigenvalue weighted by atomic mass is 10.1. The van der Waals surface area contributed by atoms with Gasteiger partial charge in [0.2, 0.25) is 5.95 Å². The Kier molecular flexibility index (Phi) is 3.62. The molecule has 2 rings (SSSR count). The van der Waals surface area contributed by atoms with Gasteiger partial charge in [-0.15, -0.1) is 0 Å². The van der Waals surface area contributed by atoms with Crippen LogP contribution in [0.1, 0.15) is 29.9 Å². The molecule has 1 aromatic carbocycles. The first-order valence-electron chi connectivity index (χ1n) is 5.97. The Balaban J connectivity index is 2.24. The fourth-order valence-corrected chi connectivity index (χ4v) is 1.87. The topological polar surface area (TPSA) is 87.6 Å². The number of nitrogen functional groups attached to an aromatic ring is 1. The lowest BCUT2D eigenvalue weighted by Crippen LogP contribution is -2.12. The maximum absolute atomic E-state index is 8.89. The Hall–Kier alpha value is -2.61. The number of aryl methyl sites for hydroxylation is 1.